The Labute approximate surface area is 92.3 Å². The number of carboxylic acid groups (broad SMARTS) is 1. The molecule has 1 atom stereocenters. The zero-order valence-electron chi connectivity index (χ0n) is 8.72. The van der Waals surface area contributed by atoms with Crippen LogP contribution >= 0.6 is 0 Å². The third-order valence-electron chi connectivity index (χ3n) is 2.52. The maximum Gasteiger partial charge on any atom is 0.330 e. The van der Waals surface area contributed by atoms with Gasteiger partial charge in [0.25, 0.3) is 0 Å². The molecule has 0 spiro atoms. The number of aliphatic carboxylic acids is 1. The average Bonchev–Trinajstić information content (AvgIpc) is 2.17. The van der Waals surface area contributed by atoms with Gasteiger partial charge in [-0.15, -0.1) is 0 Å². The lowest BCUT2D eigenvalue weighted by atomic mass is 10.2. The van der Waals surface area contributed by atoms with E-state index in [0.29, 0.717) is 26.2 Å². The van der Waals surface area contributed by atoms with Crippen LogP contribution in [0.15, 0.2) is 0 Å². The van der Waals surface area contributed by atoms with Crippen LogP contribution in [0.2, 0.25) is 0 Å². The van der Waals surface area contributed by atoms with E-state index in [-0.39, 0.29) is 5.96 Å². The number of piperazine rings is 1. The van der Waals surface area contributed by atoms with Crippen molar-refractivity contribution in [3.8, 4) is 0 Å². The van der Waals surface area contributed by atoms with Gasteiger partial charge in [-0.2, -0.15) is 0 Å². The first-order chi connectivity index (χ1) is 7.43. The summed E-state index contributed by atoms with van der Waals surface area (Å²) in [4.78, 5) is 24.9. The van der Waals surface area contributed by atoms with Gasteiger partial charge in [-0.3, -0.25) is 15.1 Å². The highest BCUT2D eigenvalue weighted by atomic mass is 16.4. The SMILES string of the molecule is N=C(N)N1CCN(C(C(N)=O)C(=O)O)CC1. The van der Waals surface area contributed by atoms with Crippen molar-refractivity contribution in [3.05, 3.63) is 0 Å². The van der Waals surface area contributed by atoms with Crippen molar-refractivity contribution >= 4 is 17.8 Å². The summed E-state index contributed by atoms with van der Waals surface area (Å²) in [6, 6.07) is -1.30. The molecular weight excluding hydrogens is 214 g/mol. The molecule has 6 N–H and O–H groups in total. The Morgan fingerprint density at radius 3 is 2.00 bits per heavy atom. The lowest BCUT2D eigenvalue weighted by Crippen LogP contribution is -2.58. The number of guanidine groups is 1. The van der Waals surface area contributed by atoms with Crippen LogP contribution < -0.4 is 11.5 Å². The van der Waals surface area contributed by atoms with Crippen LogP contribution in [0.4, 0.5) is 0 Å². The minimum atomic E-state index is -1.30. The van der Waals surface area contributed by atoms with E-state index < -0.39 is 17.9 Å². The Hall–Kier alpha value is -1.83. The number of nitrogens with two attached hydrogens (primary N) is 2. The van der Waals surface area contributed by atoms with Gasteiger partial charge in [0.15, 0.2) is 12.0 Å². The van der Waals surface area contributed by atoms with Gasteiger partial charge in [0.05, 0.1) is 0 Å². The van der Waals surface area contributed by atoms with Crippen molar-refractivity contribution in [2.45, 2.75) is 6.04 Å². The molecule has 0 radical (unpaired) electrons. The fourth-order valence-corrected chi connectivity index (χ4v) is 1.68. The number of primary amides is 1. The molecule has 90 valence electrons. The molecule has 1 fully saturated rings. The van der Waals surface area contributed by atoms with Crippen LogP contribution in [0.5, 0.6) is 0 Å². The minimum Gasteiger partial charge on any atom is -0.480 e. The van der Waals surface area contributed by atoms with E-state index in [1.54, 1.807) is 4.90 Å². The first-order valence-corrected chi connectivity index (χ1v) is 4.78. The van der Waals surface area contributed by atoms with Gasteiger partial charge in [0.1, 0.15) is 0 Å². The second kappa shape index (κ2) is 4.79. The molecule has 8 heteroatoms. The monoisotopic (exact) mass is 229 g/mol. The molecule has 1 amide bonds. The summed E-state index contributed by atoms with van der Waals surface area (Å²) in [5, 5.41) is 16.1. The number of carbonyl (C=O) groups is 2. The van der Waals surface area contributed by atoms with E-state index in [2.05, 4.69) is 0 Å². The molecule has 0 saturated carbocycles. The first-order valence-electron chi connectivity index (χ1n) is 4.78. The molecule has 1 saturated heterocycles. The summed E-state index contributed by atoms with van der Waals surface area (Å²) in [5.74, 6) is -2.17. The third kappa shape index (κ3) is 2.60. The molecule has 1 heterocycles. The lowest BCUT2D eigenvalue weighted by Gasteiger charge is -2.36. The van der Waals surface area contributed by atoms with Crippen LogP contribution in [0, 0.1) is 5.41 Å². The van der Waals surface area contributed by atoms with E-state index >= 15 is 0 Å². The summed E-state index contributed by atoms with van der Waals surface area (Å²) in [7, 11) is 0. The Morgan fingerprint density at radius 1 is 1.19 bits per heavy atom. The van der Waals surface area contributed by atoms with Crippen LogP contribution in [-0.4, -0.2) is 65.0 Å². The van der Waals surface area contributed by atoms with E-state index in [4.69, 9.17) is 22.0 Å². The van der Waals surface area contributed by atoms with E-state index in [1.165, 1.54) is 4.90 Å². The highest BCUT2D eigenvalue weighted by Crippen LogP contribution is 2.06. The zero-order valence-corrected chi connectivity index (χ0v) is 8.72. The van der Waals surface area contributed by atoms with Crippen LogP contribution in [0.25, 0.3) is 0 Å². The number of nitrogens with zero attached hydrogens (tertiary/aromatic N) is 2. The summed E-state index contributed by atoms with van der Waals surface area (Å²) in [5.41, 5.74) is 10.3. The predicted molar refractivity (Wildman–Crippen MR) is 55.7 cm³/mol. The summed E-state index contributed by atoms with van der Waals surface area (Å²) < 4.78 is 0. The normalized spacial score (nSPS) is 19.1. The second-order valence-corrected chi connectivity index (χ2v) is 3.55. The van der Waals surface area contributed by atoms with Gasteiger partial charge >= 0.3 is 5.97 Å². The third-order valence-corrected chi connectivity index (χ3v) is 2.52. The topological polar surface area (TPSA) is 137 Å². The van der Waals surface area contributed by atoms with Crippen molar-refractivity contribution in [1.29, 1.82) is 5.41 Å². The fraction of sp³-hybridized carbons (Fsp3) is 0.625. The summed E-state index contributed by atoms with van der Waals surface area (Å²) in [6.07, 6.45) is 0. The van der Waals surface area contributed by atoms with E-state index in [9.17, 15) is 9.59 Å². The van der Waals surface area contributed by atoms with Gasteiger partial charge in [-0.05, 0) is 0 Å². The molecule has 0 aliphatic carbocycles. The Bertz CT molecular complexity index is 297. The highest BCUT2D eigenvalue weighted by Gasteiger charge is 2.33. The number of carbonyl (C=O) groups excluding carboxylic acids is 1. The average molecular weight is 229 g/mol. The lowest BCUT2D eigenvalue weighted by molar-refractivity contribution is -0.148. The van der Waals surface area contributed by atoms with Crippen LogP contribution in [0.3, 0.4) is 0 Å². The molecule has 1 rings (SSSR count). The van der Waals surface area contributed by atoms with E-state index in [0.717, 1.165) is 0 Å². The molecule has 16 heavy (non-hydrogen) atoms. The molecule has 0 aromatic carbocycles. The Morgan fingerprint density at radius 2 is 1.69 bits per heavy atom. The maximum absolute atomic E-state index is 11.0. The number of hydrogen-bond donors (Lipinski definition) is 4. The standard InChI is InChI=1S/C8H15N5O3/c9-6(14)5(7(15)16)12-1-3-13(4-2-12)8(10)11/h5H,1-4H2,(H2,9,14)(H3,10,11)(H,15,16). The number of rotatable bonds is 3. The van der Waals surface area contributed by atoms with Crippen molar-refractivity contribution in [1.82, 2.24) is 9.80 Å². The number of carboxylic acids is 1. The molecule has 8 nitrogen and oxygen atoms in total. The predicted octanol–water partition coefficient (Wildman–Crippen LogP) is -2.56. The summed E-state index contributed by atoms with van der Waals surface area (Å²) in [6.45, 7) is 1.54. The number of hydrogen-bond acceptors (Lipinski definition) is 4. The molecule has 0 aromatic heterocycles. The second-order valence-electron chi connectivity index (χ2n) is 3.55. The number of amides is 1. The molecule has 1 aliphatic heterocycles. The highest BCUT2D eigenvalue weighted by molar-refractivity contribution is 6.00. The van der Waals surface area contributed by atoms with Crippen LogP contribution in [-0.2, 0) is 9.59 Å². The largest absolute Gasteiger partial charge is 0.480 e. The Balaban J connectivity index is 2.61. The zero-order chi connectivity index (χ0) is 12.3. The molecule has 1 unspecified atom stereocenters. The van der Waals surface area contributed by atoms with E-state index in [1.807, 2.05) is 0 Å². The summed E-state index contributed by atoms with van der Waals surface area (Å²) >= 11 is 0. The van der Waals surface area contributed by atoms with Crippen LogP contribution in [0.1, 0.15) is 0 Å². The first kappa shape index (κ1) is 12.2. The smallest absolute Gasteiger partial charge is 0.330 e. The van der Waals surface area contributed by atoms with Crippen molar-refractivity contribution < 1.29 is 14.7 Å². The van der Waals surface area contributed by atoms with Crippen molar-refractivity contribution in [2.75, 3.05) is 26.2 Å². The van der Waals surface area contributed by atoms with Gasteiger partial charge in [-0.25, -0.2) is 4.79 Å². The quantitative estimate of drug-likeness (QED) is 0.238. The molecular formula is C8H15N5O3. The van der Waals surface area contributed by atoms with Gasteiger partial charge in [0.2, 0.25) is 5.91 Å². The Kier molecular flexibility index (Phi) is 3.67. The van der Waals surface area contributed by atoms with Crippen molar-refractivity contribution in [3.63, 3.8) is 0 Å². The minimum absolute atomic E-state index is 0.0504. The molecule has 0 bridgehead atoms. The van der Waals surface area contributed by atoms with Gasteiger partial charge in [-0.1, -0.05) is 0 Å². The maximum atomic E-state index is 11.0. The molecule has 0 aromatic rings. The van der Waals surface area contributed by atoms with Gasteiger partial charge < -0.3 is 21.5 Å². The van der Waals surface area contributed by atoms with Gasteiger partial charge in [0, 0.05) is 26.2 Å². The number of nitrogens with one attached hydrogen (secondary N) is 1. The van der Waals surface area contributed by atoms with Crippen molar-refractivity contribution in [2.24, 2.45) is 11.5 Å². The fourth-order valence-electron chi connectivity index (χ4n) is 1.68. The molecule has 1 aliphatic rings.